The molecule has 0 bridgehead atoms. The van der Waals surface area contributed by atoms with E-state index in [1.165, 1.54) is 5.56 Å². The van der Waals surface area contributed by atoms with Crippen molar-refractivity contribution >= 4 is 0 Å². The molecule has 2 nitrogen and oxygen atoms in total. The molecule has 1 N–H and O–H groups in total. The zero-order valence-corrected chi connectivity index (χ0v) is 10.8. The highest BCUT2D eigenvalue weighted by atomic mass is 14.9. The molecule has 1 atom stereocenters. The third kappa shape index (κ3) is 3.17. The molecule has 0 spiro atoms. The Bertz CT molecular complexity index is 369. The van der Waals surface area contributed by atoms with Crippen LogP contribution in [0, 0.1) is 13.8 Å². The van der Waals surface area contributed by atoms with Gasteiger partial charge < -0.3 is 5.32 Å². The highest BCUT2D eigenvalue weighted by Gasteiger charge is 2.14. The van der Waals surface area contributed by atoms with Gasteiger partial charge in [-0.15, -0.1) is 0 Å². The van der Waals surface area contributed by atoms with Gasteiger partial charge in [-0.05, 0) is 45.4 Å². The second-order valence-electron chi connectivity index (χ2n) is 4.36. The maximum absolute atomic E-state index is 4.50. The van der Waals surface area contributed by atoms with Crippen LogP contribution in [-0.4, -0.2) is 11.5 Å². The number of nitrogens with zero attached hydrogens (tertiary/aromatic N) is 1. The molecule has 0 saturated heterocycles. The lowest BCUT2D eigenvalue weighted by atomic mass is 9.99. The molecule has 0 aliphatic rings. The van der Waals surface area contributed by atoms with Gasteiger partial charge in [-0.2, -0.15) is 0 Å². The Labute approximate surface area is 98.8 Å². The summed E-state index contributed by atoms with van der Waals surface area (Å²) < 4.78 is 0. The van der Waals surface area contributed by atoms with E-state index in [4.69, 9.17) is 0 Å². The predicted octanol–water partition coefficient (Wildman–Crippen LogP) is 3.32. The maximum Gasteiger partial charge on any atom is 0.0548 e. The van der Waals surface area contributed by atoms with E-state index < -0.39 is 0 Å². The maximum atomic E-state index is 4.50. The van der Waals surface area contributed by atoms with Crippen molar-refractivity contribution in [2.75, 3.05) is 6.54 Å². The molecule has 0 radical (unpaired) electrons. The number of hydrogen-bond acceptors (Lipinski definition) is 2. The smallest absolute Gasteiger partial charge is 0.0548 e. The second kappa shape index (κ2) is 5.80. The summed E-state index contributed by atoms with van der Waals surface area (Å²) >= 11 is 0. The van der Waals surface area contributed by atoms with Crippen LogP contribution in [0.1, 0.15) is 43.3 Å². The summed E-state index contributed by atoms with van der Waals surface area (Å²) in [6.07, 6.45) is 1.13. The minimum atomic E-state index is 0.230. The molecular formula is C14H22N2. The zero-order valence-electron chi connectivity index (χ0n) is 10.8. The fourth-order valence-corrected chi connectivity index (χ4v) is 1.84. The summed E-state index contributed by atoms with van der Waals surface area (Å²) in [5.41, 5.74) is 4.54. The van der Waals surface area contributed by atoms with Crippen LogP contribution in [0.3, 0.4) is 0 Å². The third-order valence-electron chi connectivity index (χ3n) is 2.67. The minimum Gasteiger partial charge on any atom is -0.306 e. The molecule has 0 aliphatic heterocycles. The molecule has 1 rings (SSSR count). The zero-order chi connectivity index (χ0) is 12.1. The van der Waals surface area contributed by atoms with Gasteiger partial charge in [-0.3, -0.25) is 4.98 Å². The van der Waals surface area contributed by atoms with Crippen molar-refractivity contribution < 1.29 is 0 Å². The van der Waals surface area contributed by atoms with E-state index in [1.54, 1.807) is 0 Å². The average Bonchev–Trinajstić information content (AvgIpc) is 2.20. The number of aryl methyl sites for hydroxylation is 2. The summed E-state index contributed by atoms with van der Waals surface area (Å²) in [6.45, 7) is 13.4. The van der Waals surface area contributed by atoms with E-state index in [0.29, 0.717) is 0 Å². The molecular weight excluding hydrogens is 196 g/mol. The lowest BCUT2D eigenvalue weighted by molar-refractivity contribution is 0.586. The summed E-state index contributed by atoms with van der Waals surface area (Å²) in [6, 6.07) is 4.44. The van der Waals surface area contributed by atoms with E-state index >= 15 is 0 Å². The third-order valence-corrected chi connectivity index (χ3v) is 2.67. The van der Waals surface area contributed by atoms with Crippen LogP contribution >= 0.6 is 0 Å². The Morgan fingerprint density at radius 1 is 1.44 bits per heavy atom. The largest absolute Gasteiger partial charge is 0.306 e. The highest BCUT2D eigenvalue weighted by Crippen LogP contribution is 2.22. The fraction of sp³-hybridized carbons (Fsp3) is 0.500. The normalized spacial score (nSPS) is 12.5. The standard InChI is InChI=1S/C14H22N2/c1-6-9-15-14(10(2)3)13-8-7-11(4)16-12(13)5/h7-8,14-15H,2,6,9H2,1,3-5H3. The molecule has 0 saturated carbocycles. The van der Waals surface area contributed by atoms with Gasteiger partial charge in [-0.25, -0.2) is 0 Å². The molecule has 0 aliphatic carbocycles. The Morgan fingerprint density at radius 3 is 2.62 bits per heavy atom. The van der Waals surface area contributed by atoms with Crippen LogP contribution in [0.4, 0.5) is 0 Å². The Hall–Kier alpha value is -1.15. The van der Waals surface area contributed by atoms with Gasteiger partial charge in [0.25, 0.3) is 0 Å². The molecule has 1 aromatic heterocycles. The van der Waals surface area contributed by atoms with Gasteiger partial charge in [0.1, 0.15) is 0 Å². The SMILES string of the molecule is C=C(C)C(NCCC)c1ccc(C)nc1C. The van der Waals surface area contributed by atoms with Crippen LogP contribution < -0.4 is 5.32 Å². The Kier molecular flexibility index (Phi) is 4.69. The lowest BCUT2D eigenvalue weighted by Crippen LogP contribution is -2.23. The van der Waals surface area contributed by atoms with Crippen molar-refractivity contribution in [3.05, 3.63) is 41.2 Å². The molecule has 0 amide bonds. The summed E-state index contributed by atoms with van der Waals surface area (Å²) in [5.74, 6) is 0. The summed E-state index contributed by atoms with van der Waals surface area (Å²) in [5, 5.41) is 3.51. The predicted molar refractivity (Wildman–Crippen MR) is 69.6 cm³/mol. The highest BCUT2D eigenvalue weighted by molar-refractivity contribution is 5.30. The second-order valence-corrected chi connectivity index (χ2v) is 4.36. The molecule has 1 heterocycles. The van der Waals surface area contributed by atoms with E-state index in [9.17, 15) is 0 Å². The van der Waals surface area contributed by atoms with Crippen LogP contribution in [-0.2, 0) is 0 Å². The number of nitrogens with one attached hydrogen (secondary N) is 1. The Morgan fingerprint density at radius 2 is 2.12 bits per heavy atom. The molecule has 88 valence electrons. The van der Waals surface area contributed by atoms with Crippen molar-refractivity contribution in [3.63, 3.8) is 0 Å². The van der Waals surface area contributed by atoms with Gasteiger partial charge in [-0.1, -0.05) is 25.1 Å². The van der Waals surface area contributed by atoms with Crippen LogP contribution in [0.25, 0.3) is 0 Å². The van der Waals surface area contributed by atoms with Crippen LogP contribution in [0.5, 0.6) is 0 Å². The van der Waals surface area contributed by atoms with Crippen LogP contribution in [0.2, 0.25) is 0 Å². The first kappa shape index (κ1) is 12.9. The number of hydrogen-bond donors (Lipinski definition) is 1. The molecule has 1 unspecified atom stereocenters. The van der Waals surface area contributed by atoms with Crippen molar-refractivity contribution in [2.24, 2.45) is 0 Å². The van der Waals surface area contributed by atoms with Crippen molar-refractivity contribution in [2.45, 2.75) is 40.2 Å². The average molecular weight is 218 g/mol. The fourth-order valence-electron chi connectivity index (χ4n) is 1.84. The van der Waals surface area contributed by atoms with Gasteiger partial charge in [0.2, 0.25) is 0 Å². The van der Waals surface area contributed by atoms with Gasteiger partial charge in [0.05, 0.1) is 6.04 Å². The summed E-state index contributed by atoms with van der Waals surface area (Å²) in [4.78, 5) is 4.50. The van der Waals surface area contributed by atoms with Crippen molar-refractivity contribution in [1.29, 1.82) is 0 Å². The van der Waals surface area contributed by atoms with E-state index in [2.05, 4.69) is 49.8 Å². The number of pyridine rings is 1. The van der Waals surface area contributed by atoms with E-state index in [0.717, 1.165) is 29.9 Å². The minimum absolute atomic E-state index is 0.230. The monoisotopic (exact) mass is 218 g/mol. The van der Waals surface area contributed by atoms with Gasteiger partial charge in [0, 0.05) is 11.4 Å². The number of rotatable bonds is 5. The van der Waals surface area contributed by atoms with Crippen LogP contribution in [0.15, 0.2) is 24.3 Å². The first-order valence-electron chi connectivity index (χ1n) is 5.89. The molecule has 16 heavy (non-hydrogen) atoms. The van der Waals surface area contributed by atoms with E-state index in [-0.39, 0.29) is 6.04 Å². The number of aromatic nitrogens is 1. The van der Waals surface area contributed by atoms with Crippen molar-refractivity contribution in [3.8, 4) is 0 Å². The first-order chi connectivity index (χ1) is 7.56. The summed E-state index contributed by atoms with van der Waals surface area (Å²) in [7, 11) is 0. The molecule has 0 fully saturated rings. The Balaban J connectivity index is 2.96. The lowest BCUT2D eigenvalue weighted by Gasteiger charge is -2.20. The topological polar surface area (TPSA) is 24.9 Å². The van der Waals surface area contributed by atoms with Gasteiger partial charge in [0.15, 0.2) is 0 Å². The molecule has 1 aromatic rings. The van der Waals surface area contributed by atoms with Gasteiger partial charge >= 0.3 is 0 Å². The first-order valence-corrected chi connectivity index (χ1v) is 5.89. The van der Waals surface area contributed by atoms with E-state index in [1.807, 2.05) is 6.92 Å². The molecule has 0 aromatic carbocycles. The van der Waals surface area contributed by atoms with Crippen molar-refractivity contribution in [1.82, 2.24) is 10.3 Å². The quantitative estimate of drug-likeness (QED) is 0.767. The molecule has 2 heteroatoms.